The number of ether oxygens (including phenoxy) is 1. The molecule has 0 unspecified atom stereocenters. The van der Waals surface area contributed by atoms with Crippen molar-refractivity contribution in [3.8, 4) is 11.3 Å². The highest BCUT2D eigenvalue weighted by Crippen LogP contribution is 2.22. The second-order valence-corrected chi connectivity index (χ2v) is 5.10. The van der Waals surface area contributed by atoms with Crippen molar-refractivity contribution in [3.05, 3.63) is 36.5 Å². The number of hydrogen-bond donors (Lipinski definition) is 3. The molecule has 0 bridgehead atoms. The molecule has 0 radical (unpaired) electrons. The lowest BCUT2D eigenvalue weighted by Crippen LogP contribution is -2.29. The number of nitrogens with two attached hydrogens (primary N) is 1. The van der Waals surface area contributed by atoms with E-state index in [1.807, 2.05) is 30.3 Å². The van der Waals surface area contributed by atoms with Crippen molar-refractivity contribution in [1.29, 1.82) is 0 Å². The normalized spacial score (nSPS) is 21.4. The van der Waals surface area contributed by atoms with Crippen molar-refractivity contribution in [1.82, 2.24) is 10.2 Å². The Morgan fingerprint density at radius 2 is 2.14 bits per heavy atom. The van der Waals surface area contributed by atoms with Gasteiger partial charge in [0, 0.05) is 18.4 Å². The van der Waals surface area contributed by atoms with E-state index in [2.05, 4.69) is 15.5 Å². The molecule has 0 spiro atoms. The van der Waals surface area contributed by atoms with Gasteiger partial charge in [-0.15, -0.1) is 0 Å². The number of H-pyrrole nitrogens is 1. The van der Waals surface area contributed by atoms with Gasteiger partial charge in [-0.2, -0.15) is 5.10 Å². The first kappa shape index (κ1) is 13.8. The van der Waals surface area contributed by atoms with E-state index in [4.69, 9.17) is 10.5 Å². The molecule has 1 aliphatic heterocycles. The van der Waals surface area contributed by atoms with Crippen LogP contribution >= 0.6 is 0 Å². The average Bonchev–Trinajstić information content (AvgIpc) is 3.19. The third-order valence-corrected chi connectivity index (χ3v) is 3.63. The molecule has 1 amide bonds. The van der Waals surface area contributed by atoms with Crippen LogP contribution in [0.25, 0.3) is 11.3 Å². The molecular weight excluding hydrogens is 268 g/mol. The van der Waals surface area contributed by atoms with E-state index in [-0.39, 0.29) is 12.0 Å². The molecule has 0 aliphatic carbocycles. The summed E-state index contributed by atoms with van der Waals surface area (Å²) in [7, 11) is 0. The van der Waals surface area contributed by atoms with Crippen LogP contribution in [0.1, 0.15) is 12.8 Å². The van der Waals surface area contributed by atoms with Crippen LogP contribution in [0.5, 0.6) is 0 Å². The first-order chi connectivity index (χ1) is 10.3. The van der Waals surface area contributed by atoms with Crippen LogP contribution < -0.4 is 11.1 Å². The second-order valence-electron chi connectivity index (χ2n) is 5.10. The first-order valence-corrected chi connectivity index (χ1v) is 7.02. The summed E-state index contributed by atoms with van der Waals surface area (Å²) < 4.78 is 5.58. The maximum atomic E-state index is 12.1. The van der Waals surface area contributed by atoms with Gasteiger partial charge in [0.15, 0.2) is 0 Å². The minimum atomic E-state index is -0.397. The average molecular weight is 286 g/mol. The van der Waals surface area contributed by atoms with E-state index >= 15 is 0 Å². The molecule has 2 atom stereocenters. The summed E-state index contributed by atoms with van der Waals surface area (Å²) >= 11 is 0. The summed E-state index contributed by atoms with van der Waals surface area (Å²) in [5.74, 6) is -0.111. The summed E-state index contributed by atoms with van der Waals surface area (Å²) in [4.78, 5) is 12.1. The molecule has 21 heavy (non-hydrogen) atoms. The predicted octanol–water partition coefficient (Wildman–Crippen LogP) is 1.52. The van der Waals surface area contributed by atoms with E-state index < -0.39 is 6.10 Å². The van der Waals surface area contributed by atoms with E-state index in [0.717, 1.165) is 29.8 Å². The Morgan fingerprint density at radius 3 is 2.76 bits per heavy atom. The van der Waals surface area contributed by atoms with Crippen molar-refractivity contribution in [3.63, 3.8) is 0 Å². The number of benzene rings is 1. The number of anilines is 1. The molecular formula is C15H18N4O2. The highest BCUT2D eigenvalue weighted by Gasteiger charge is 2.29. The highest BCUT2D eigenvalue weighted by atomic mass is 16.5. The molecule has 1 saturated heterocycles. The summed E-state index contributed by atoms with van der Waals surface area (Å²) in [6, 6.07) is 9.49. The molecule has 1 fully saturated rings. The Balaban J connectivity index is 1.62. The van der Waals surface area contributed by atoms with Crippen LogP contribution in [0.2, 0.25) is 0 Å². The van der Waals surface area contributed by atoms with Gasteiger partial charge in [-0.1, -0.05) is 12.1 Å². The van der Waals surface area contributed by atoms with Crippen LogP contribution in [0.4, 0.5) is 5.69 Å². The number of carbonyl (C=O) groups is 1. The zero-order valence-electron chi connectivity index (χ0n) is 11.6. The zero-order valence-corrected chi connectivity index (χ0v) is 11.6. The van der Waals surface area contributed by atoms with Crippen molar-refractivity contribution in [2.75, 3.05) is 11.9 Å². The second kappa shape index (κ2) is 6.07. The number of aromatic amines is 1. The van der Waals surface area contributed by atoms with Gasteiger partial charge in [-0.3, -0.25) is 9.89 Å². The molecule has 110 valence electrons. The number of amides is 1. The number of carbonyl (C=O) groups excluding carboxylic acids is 1. The standard InChI is InChI=1S/C15H18N4O2/c16-9-12-5-6-14(21-12)15(20)18-11-3-1-10(2-4-11)13-7-8-17-19-13/h1-4,7-8,12,14H,5-6,9,16H2,(H,17,19)(H,18,20)/t12-,14+/m1/s1. The molecule has 1 aromatic carbocycles. The maximum Gasteiger partial charge on any atom is 0.253 e. The maximum absolute atomic E-state index is 12.1. The lowest BCUT2D eigenvalue weighted by Gasteiger charge is -2.12. The van der Waals surface area contributed by atoms with E-state index in [1.54, 1.807) is 6.20 Å². The van der Waals surface area contributed by atoms with Gasteiger partial charge in [0.2, 0.25) is 0 Å². The van der Waals surface area contributed by atoms with Gasteiger partial charge in [-0.05, 0) is 36.6 Å². The molecule has 6 nitrogen and oxygen atoms in total. The van der Waals surface area contributed by atoms with Crippen molar-refractivity contribution in [2.24, 2.45) is 5.73 Å². The summed E-state index contributed by atoms with van der Waals surface area (Å²) in [6.45, 7) is 0.461. The molecule has 1 aromatic heterocycles. The Labute approximate surface area is 122 Å². The van der Waals surface area contributed by atoms with Gasteiger partial charge < -0.3 is 15.8 Å². The van der Waals surface area contributed by atoms with Crippen molar-refractivity contribution >= 4 is 11.6 Å². The Hall–Kier alpha value is -2.18. The van der Waals surface area contributed by atoms with Crippen LogP contribution in [-0.2, 0) is 9.53 Å². The Kier molecular flexibility index (Phi) is 3.98. The molecule has 4 N–H and O–H groups in total. The highest BCUT2D eigenvalue weighted by molar-refractivity contribution is 5.94. The minimum Gasteiger partial charge on any atom is -0.364 e. The third kappa shape index (κ3) is 3.12. The summed E-state index contributed by atoms with van der Waals surface area (Å²) in [5, 5.41) is 9.69. The van der Waals surface area contributed by atoms with Gasteiger partial charge >= 0.3 is 0 Å². The van der Waals surface area contributed by atoms with Gasteiger partial charge in [0.1, 0.15) is 6.10 Å². The minimum absolute atomic E-state index is 0.00324. The molecule has 2 aromatic rings. The molecule has 1 aliphatic rings. The van der Waals surface area contributed by atoms with Crippen LogP contribution in [0.15, 0.2) is 36.5 Å². The number of aromatic nitrogens is 2. The summed E-state index contributed by atoms with van der Waals surface area (Å²) in [6.07, 6.45) is 2.87. The smallest absolute Gasteiger partial charge is 0.253 e. The van der Waals surface area contributed by atoms with Crippen molar-refractivity contribution in [2.45, 2.75) is 25.0 Å². The summed E-state index contributed by atoms with van der Waals surface area (Å²) in [5.41, 5.74) is 8.26. The third-order valence-electron chi connectivity index (χ3n) is 3.63. The van der Waals surface area contributed by atoms with E-state index in [1.165, 1.54) is 0 Å². The molecule has 2 heterocycles. The number of nitrogens with one attached hydrogen (secondary N) is 2. The predicted molar refractivity (Wildman–Crippen MR) is 79.6 cm³/mol. The fourth-order valence-corrected chi connectivity index (χ4v) is 2.44. The van der Waals surface area contributed by atoms with E-state index in [9.17, 15) is 4.79 Å². The molecule has 0 saturated carbocycles. The number of nitrogens with zero attached hydrogens (tertiary/aromatic N) is 1. The Morgan fingerprint density at radius 1 is 1.33 bits per heavy atom. The largest absolute Gasteiger partial charge is 0.364 e. The van der Waals surface area contributed by atoms with Crippen molar-refractivity contribution < 1.29 is 9.53 Å². The van der Waals surface area contributed by atoms with Gasteiger partial charge in [-0.25, -0.2) is 0 Å². The topological polar surface area (TPSA) is 93.0 Å². The molecule has 6 heteroatoms. The fourth-order valence-electron chi connectivity index (χ4n) is 2.44. The fraction of sp³-hybridized carbons (Fsp3) is 0.333. The SMILES string of the molecule is NC[C@H]1CC[C@@H](C(=O)Nc2ccc(-c3ccn[nH]3)cc2)O1. The monoisotopic (exact) mass is 286 g/mol. The molecule has 3 rings (SSSR count). The van der Waals surface area contributed by atoms with Crippen LogP contribution in [0, 0.1) is 0 Å². The quantitative estimate of drug-likeness (QED) is 0.794. The van der Waals surface area contributed by atoms with E-state index in [0.29, 0.717) is 6.54 Å². The van der Waals surface area contributed by atoms with Crippen LogP contribution in [-0.4, -0.2) is 34.9 Å². The van der Waals surface area contributed by atoms with Gasteiger partial charge in [0.25, 0.3) is 5.91 Å². The lowest BCUT2D eigenvalue weighted by molar-refractivity contribution is -0.126. The lowest BCUT2D eigenvalue weighted by atomic mass is 10.1. The van der Waals surface area contributed by atoms with Gasteiger partial charge in [0.05, 0.1) is 11.8 Å². The Bertz CT molecular complexity index is 595. The number of hydrogen-bond acceptors (Lipinski definition) is 4. The zero-order chi connectivity index (χ0) is 14.7. The number of rotatable bonds is 4. The first-order valence-electron chi connectivity index (χ1n) is 7.02. The van der Waals surface area contributed by atoms with Crippen LogP contribution in [0.3, 0.4) is 0 Å².